The van der Waals surface area contributed by atoms with Gasteiger partial charge in [0.25, 0.3) is 0 Å². The molecule has 6 nitrogen and oxygen atoms in total. The summed E-state index contributed by atoms with van der Waals surface area (Å²) in [5.41, 5.74) is 0.333. The Labute approximate surface area is 119 Å². The van der Waals surface area contributed by atoms with Gasteiger partial charge in [0, 0.05) is 5.69 Å². The molecule has 0 atom stereocenters. The van der Waals surface area contributed by atoms with Crippen LogP contribution in [0.15, 0.2) is 34.9 Å². The molecule has 0 aliphatic rings. The first-order chi connectivity index (χ1) is 10.0. The largest absolute Gasteiger partial charge is 0.478 e. The number of carbonyl (C=O) groups is 2. The van der Waals surface area contributed by atoms with E-state index in [0.717, 1.165) is 19.4 Å². The van der Waals surface area contributed by atoms with Crippen LogP contribution in [0.3, 0.4) is 0 Å². The van der Waals surface area contributed by atoms with Crippen LogP contribution in [0, 0.1) is 5.82 Å². The van der Waals surface area contributed by atoms with Gasteiger partial charge in [0.15, 0.2) is 0 Å². The summed E-state index contributed by atoms with van der Waals surface area (Å²) in [5.74, 6) is -2.14. The number of benzene rings is 1. The number of rotatable bonds is 5. The maximum absolute atomic E-state index is 13.5. The number of methoxy groups -OCH3 is 1. The van der Waals surface area contributed by atoms with E-state index < -0.39 is 17.8 Å². The molecule has 110 valence electrons. The van der Waals surface area contributed by atoms with Crippen molar-refractivity contribution in [3.05, 3.63) is 53.2 Å². The molecule has 0 spiro atoms. The highest BCUT2D eigenvalue weighted by molar-refractivity contribution is 5.90. The average molecular weight is 293 g/mol. The van der Waals surface area contributed by atoms with E-state index in [1.165, 1.54) is 18.2 Å². The van der Waals surface area contributed by atoms with E-state index in [0.29, 0.717) is 11.4 Å². The molecule has 0 fully saturated rings. The number of carboxylic acid groups (broad SMARTS) is 1. The van der Waals surface area contributed by atoms with Crippen molar-refractivity contribution in [2.75, 3.05) is 12.4 Å². The van der Waals surface area contributed by atoms with Gasteiger partial charge in [-0.1, -0.05) is 0 Å². The Kier molecular flexibility index (Phi) is 4.22. The second-order valence-electron chi connectivity index (χ2n) is 4.15. The van der Waals surface area contributed by atoms with Crippen LogP contribution in [0.4, 0.5) is 10.1 Å². The van der Waals surface area contributed by atoms with Gasteiger partial charge in [-0.15, -0.1) is 0 Å². The van der Waals surface area contributed by atoms with Crippen molar-refractivity contribution in [1.82, 2.24) is 0 Å². The lowest BCUT2D eigenvalue weighted by Crippen LogP contribution is -2.06. The summed E-state index contributed by atoms with van der Waals surface area (Å²) in [6.07, 6.45) is 1.13. The number of furan rings is 1. The lowest BCUT2D eigenvalue weighted by atomic mass is 10.2. The Morgan fingerprint density at radius 2 is 2.14 bits per heavy atom. The van der Waals surface area contributed by atoms with Gasteiger partial charge in [0.05, 0.1) is 24.8 Å². The monoisotopic (exact) mass is 293 g/mol. The number of esters is 1. The molecule has 2 rings (SSSR count). The number of carbonyl (C=O) groups excluding carboxylic acids is 1. The van der Waals surface area contributed by atoms with Crippen molar-refractivity contribution >= 4 is 17.6 Å². The molecule has 1 heterocycles. The number of nitrogens with one attached hydrogen (secondary N) is 1. The fraction of sp³-hybridized carbons (Fsp3) is 0.143. The molecule has 2 aromatic rings. The first kappa shape index (κ1) is 14.6. The highest BCUT2D eigenvalue weighted by Gasteiger charge is 2.13. The Balaban J connectivity index is 2.09. The van der Waals surface area contributed by atoms with Crippen LogP contribution in [0.2, 0.25) is 0 Å². The SMILES string of the molecule is COC(=O)c1cc(NCc2cc(C(=O)O)co2)ccc1F. The minimum absolute atomic E-state index is 0.0427. The molecule has 7 heteroatoms. The Morgan fingerprint density at radius 1 is 1.38 bits per heavy atom. The molecule has 2 N–H and O–H groups in total. The summed E-state index contributed by atoms with van der Waals surface area (Å²) >= 11 is 0. The summed E-state index contributed by atoms with van der Waals surface area (Å²) < 4.78 is 23.0. The van der Waals surface area contributed by atoms with Gasteiger partial charge < -0.3 is 19.6 Å². The molecule has 1 aromatic heterocycles. The van der Waals surface area contributed by atoms with E-state index >= 15 is 0 Å². The highest BCUT2D eigenvalue weighted by Crippen LogP contribution is 2.17. The van der Waals surface area contributed by atoms with Crippen molar-refractivity contribution in [3.63, 3.8) is 0 Å². The highest BCUT2D eigenvalue weighted by atomic mass is 19.1. The molecule has 0 amide bonds. The smallest absolute Gasteiger partial charge is 0.340 e. The fourth-order valence-corrected chi connectivity index (χ4v) is 1.68. The third kappa shape index (κ3) is 3.38. The van der Waals surface area contributed by atoms with Gasteiger partial charge in [-0.3, -0.25) is 0 Å². The van der Waals surface area contributed by atoms with Crippen molar-refractivity contribution in [1.29, 1.82) is 0 Å². The molecule has 0 radical (unpaired) electrons. The summed E-state index contributed by atoms with van der Waals surface area (Å²) in [6, 6.07) is 5.27. The maximum Gasteiger partial charge on any atom is 0.340 e. The number of ether oxygens (including phenoxy) is 1. The Morgan fingerprint density at radius 3 is 2.76 bits per heavy atom. The number of anilines is 1. The molecule has 0 aliphatic carbocycles. The molecular weight excluding hydrogens is 281 g/mol. The number of hydrogen-bond acceptors (Lipinski definition) is 5. The lowest BCUT2D eigenvalue weighted by Gasteiger charge is -2.07. The summed E-state index contributed by atoms with van der Waals surface area (Å²) in [5, 5.41) is 11.7. The molecular formula is C14H12FNO5. The first-order valence-corrected chi connectivity index (χ1v) is 5.93. The molecule has 0 aliphatic heterocycles. The molecule has 0 saturated heterocycles. The van der Waals surface area contributed by atoms with Gasteiger partial charge in [-0.2, -0.15) is 0 Å². The van der Waals surface area contributed by atoms with Crippen LogP contribution < -0.4 is 5.32 Å². The number of carboxylic acids is 1. The van der Waals surface area contributed by atoms with Crippen LogP contribution in [0.25, 0.3) is 0 Å². The molecule has 0 saturated carbocycles. The fourth-order valence-electron chi connectivity index (χ4n) is 1.68. The van der Waals surface area contributed by atoms with E-state index in [1.807, 2.05) is 0 Å². The topological polar surface area (TPSA) is 88.8 Å². The van der Waals surface area contributed by atoms with E-state index in [-0.39, 0.29) is 17.7 Å². The van der Waals surface area contributed by atoms with Crippen molar-refractivity contribution in [2.24, 2.45) is 0 Å². The van der Waals surface area contributed by atoms with Crippen molar-refractivity contribution in [2.45, 2.75) is 6.54 Å². The van der Waals surface area contributed by atoms with Gasteiger partial charge in [-0.25, -0.2) is 14.0 Å². The first-order valence-electron chi connectivity index (χ1n) is 5.93. The van der Waals surface area contributed by atoms with Crippen LogP contribution in [-0.2, 0) is 11.3 Å². The standard InChI is InChI=1S/C14H12FNO5/c1-20-14(19)11-5-9(2-3-12(11)15)16-6-10-4-8(7-21-10)13(17)18/h2-5,7,16H,6H2,1H3,(H,17,18). The van der Waals surface area contributed by atoms with Crippen LogP contribution in [-0.4, -0.2) is 24.2 Å². The number of halogens is 1. The Bertz CT molecular complexity index is 680. The second-order valence-corrected chi connectivity index (χ2v) is 4.15. The molecule has 0 unspecified atom stereocenters. The zero-order valence-corrected chi connectivity index (χ0v) is 11.1. The zero-order valence-electron chi connectivity index (χ0n) is 11.1. The van der Waals surface area contributed by atoms with Crippen LogP contribution in [0.1, 0.15) is 26.5 Å². The summed E-state index contributed by atoms with van der Waals surface area (Å²) in [6.45, 7) is 0.194. The molecule has 21 heavy (non-hydrogen) atoms. The number of aromatic carboxylic acids is 1. The molecule has 1 aromatic carbocycles. The number of hydrogen-bond donors (Lipinski definition) is 2. The predicted molar refractivity (Wildman–Crippen MR) is 70.7 cm³/mol. The lowest BCUT2D eigenvalue weighted by molar-refractivity contribution is 0.0594. The summed E-state index contributed by atoms with van der Waals surface area (Å²) in [4.78, 5) is 22.1. The van der Waals surface area contributed by atoms with Crippen molar-refractivity contribution in [3.8, 4) is 0 Å². The molecule has 0 bridgehead atoms. The van der Waals surface area contributed by atoms with Gasteiger partial charge in [0.1, 0.15) is 17.8 Å². The normalized spacial score (nSPS) is 10.2. The van der Waals surface area contributed by atoms with Gasteiger partial charge >= 0.3 is 11.9 Å². The summed E-state index contributed by atoms with van der Waals surface area (Å²) in [7, 11) is 1.16. The van der Waals surface area contributed by atoms with Crippen LogP contribution in [0.5, 0.6) is 0 Å². The zero-order chi connectivity index (χ0) is 15.4. The van der Waals surface area contributed by atoms with E-state index in [1.54, 1.807) is 0 Å². The quantitative estimate of drug-likeness (QED) is 0.823. The van der Waals surface area contributed by atoms with Crippen LogP contribution >= 0.6 is 0 Å². The van der Waals surface area contributed by atoms with E-state index in [2.05, 4.69) is 10.1 Å². The van der Waals surface area contributed by atoms with E-state index in [9.17, 15) is 14.0 Å². The maximum atomic E-state index is 13.5. The van der Waals surface area contributed by atoms with Gasteiger partial charge in [0.2, 0.25) is 0 Å². The predicted octanol–water partition coefficient (Wildman–Crippen LogP) is 2.52. The van der Waals surface area contributed by atoms with E-state index in [4.69, 9.17) is 9.52 Å². The third-order valence-electron chi connectivity index (χ3n) is 2.74. The average Bonchev–Trinajstić information content (AvgIpc) is 2.94. The second kappa shape index (κ2) is 6.08. The minimum atomic E-state index is -1.08. The third-order valence-corrected chi connectivity index (χ3v) is 2.74. The van der Waals surface area contributed by atoms with Crippen molar-refractivity contribution < 1.29 is 28.2 Å². The minimum Gasteiger partial charge on any atom is -0.478 e. The Hall–Kier alpha value is -2.83. The van der Waals surface area contributed by atoms with Gasteiger partial charge in [-0.05, 0) is 24.3 Å².